The number of nitrogens with two attached hydrogens (primary N) is 1. The van der Waals surface area contributed by atoms with Crippen LogP contribution in [0.25, 0.3) is 22.4 Å². The van der Waals surface area contributed by atoms with Crippen LogP contribution in [0.4, 0.5) is 10.2 Å². The van der Waals surface area contributed by atoms with E-state index < -0.39 is 32.7 Å². The van der Waals surface area contributed by atoms with Gasteiger partial charge >= 0.3 is 0 Å². The van der Waals surface area contributed by atoms with E-state index >= 15 is 0 Å². The summed E-state index contributed by atoms with van der Waals surface area (Å²) in [4.78, 5) is 6.52. The zero-order valence-electron chi connectivity index (χ0n) is 17.9. The Labute approximate surface area is 192 Å². The highest BCUT2D eigenvalue weighted by Crippen LogP contribution is 2.37. The largest absolute Gasteiger partial charge is 0.394 e. The molecule has 10 heteroatoms. The summed E-state index contributed by atoms with van der Waals surface area (Å²) >= 11 is 4.42. The molecular formula is C22H25FN4O3S2. The number of nitrogens with zero attached hydrogens (tertiary/aromatic N) is 2. The number of benzene rings is 2. The minimum atomic E-state index is -4.12. The number of hydrogen-bond donors (Lipinski definition) is 4. The highest BCUT2D eigenvalue weighted by atomic mass is 32.2. The lowest BCUT2D eigenvalue weighted by Crippen LogP contribution is -2.55. The molecule has 3 rings (SSSR count). The fraction of sp³-hybridized carbons (Fsp3) is 0.273. The first-order chi connectivity index (χ1) is 14.9. The molecule has 7 nitrogen and oxygen atoms in total. The molecule has 170 valence electrons. The first-order valence-electron chi connectivity index (χ1n) is 9.72. The number of aliphatic hydroxyl groups is 1. The van der Waals surface area contributed by atoms with Gasteiger partial charge in [-0.1, -0.05) is 45.0 Å². The SMILES string of the molecule is CC(C)(C)[C@](S)(CO)NS(=O)(=O)c1ccccc1-c1ccc(-c2cnc(N)cn2)c(F)c1. The average Bonchev–Trinajstić information content (AvgIpc) is 2.73. The van der Waals surface area contributed by atoms with Crippen molar-refractivity contribution in [2.75, 3.05) is 12.3 Å². The van der Waals surface area contributed by atoms with Crippen molar-refractivity contribution in [3.05, 3.63) is 60.7 Å². The van der Waals surface area contributed by atoms with Gasteiger partial charge in [-0.2, -0.15) is 17.4 Å². The number of hydrogen-bond acceptors (Lipinski definition) is 7. The summed E-state index contributed by atoms with van der Waals surface area (Å²) in [6.45, 7) is 4.77. The van der Waals surface area contributed by atoms with Crippen molar-refractivity contribution in [1.29, 1.82) is 0 Å². The molecular weight excluding hydrogens is 451 g/mol. The zero-order valence-corrected chi connectivity index (χ0v) is 19.6. The zero-order chi connectivity index (χ0) is 23.7. The van der Waals surface area contributed by atoms with Crippen LogP contribution in [-0.2, 0) is 10.0 Å². The summed E-state index contributed by atoms with van der Waals surface area (Å²) in [7, 11) is -4.12. The van der Waals surface area contributed by atoms with Gasteiger partial charge in [0.15, 0.2) is 0 Å². The molecule has 0 saturated carbocycles. The van der Waals surface area contributed by atoms with Gasteiger partial charge in [-0.15, -0.1) is 0 Å². The minimum Gasteiger partial charge on any atom is -0.394 e. The monoisotopic (exact) mass is 476 g/mol. The Kier molecular flexibility index (Phi) is 6.62. The fourth-order valence-electron chi connectivity index (χ4n) is 3.01. The van der Waals surface area contributed by atoms with Crippen molar-refractivity contribution in [2.24, 2.45) is 5.41 Å². The number of halogens is 1. The van der Waals surface area contributed by atoms with E-state index in [0.29, 0.717) is 16.8 Å². The molecule has 32 heavy (non-hydrogen) atoms. The summed E-state index contributed by atoms with van der Waals surface area (Å²) in [5.41, 5.74) is 6.01. The highest BCUT2D eigenvalue weighted by molar-refractivity contribution is 7.91. The topological polar surface area (TPSA) is 118 Å². The summed E-state index contributed by atoms with van der Waals surface area (Å²) < 4.78 is 43.9. The van der Waals surface area contributed by atoms with Crippen LogP contribution in [-0.4, -0.2) is 35.0 Å². The maximum Gasteiger partial charge on any atom is 0.242 e. The molecule has 0 aliphatic carbocycles. The maximum absolute atomic E-state index is 14.9. The van der Waals surface area contributed by atoms with Crippen LogP contribution in [0.3, 0.4) is 0 Å². The number of nitrogen functional groups attached to an aromatic ring is 1. The minimum absolute atomic E-state index is 0.0597. The highest BCUT2D eigenvalue weighted by Gasteiger charge is 2.42. The van der Waals surface area contributed by atoms with Gasteiger partial charge in [0.05, 0.1) is 29.6 Å². The van der Waals surface area contributed by atoms with Crippen LogP contribution in [0.5, 0.6) is 0 Å². The van der Waals surface area contributed by atoms with Gasteiger partial charge in [-0.25, -0.2) is 17.8 Å². The van der Waals surface area contributed by atoms with E-state index in [1.807, 2.05) is 0 Å². The van der Waals surface area contributed by atoms with Crippen molar-refractivity contribution < 1.29 is 17.9 Å². The van der Waals surface area contributed by atoms with Gasteiger partial charge < -0.3 is 10.8 Å². The van der Waals surface area contributed by atoms with Crippen LogP contribution < -0.4 is 10.5 Å². The Morgan fingerprint density at radius 1 is 1.09 bits per heavy atom. The predicted octanol–water partition coefficient (Wildman–Crippen LogP) is 3.47. The van der Waals surface area contributed by atoms with Gasteiger partial charge in [-0.05, 0) is 29.2 Å². The molecule has 0 saturated heterocycles. The number of thiol groups is 1. The lowest BCUT2D eigenvalue weighted by molar-refractivity contribution is 0.154. The summed E-state index contributed by atoms with van der Waals surface area (Å²) in [5, 5.41) is 9.84. The molecule has 0 spiro atoms. The molecule has 0 unspecified atom stereocenters. The second kappa shape index (κ2) is 8.78. The molecule has 0 fully saturated rings. The lowest BCUT2D eigenvalue weighted by Gasteiger charge is -2.39. The van der Waals surface area contributed by atoms with Crippen molar-refractivity contribution in [3.8, 4) is 22.4 Å². The molecule has 1 atom stereocenters. The van der Waals surface area contributed by atoms with Crippen LogP contribution >= 0.6 is 12.6 Å². The average molecular weight is 477 g/mol. The Morgan fingerprint density at radius 2 is 1.78 bits per heavy atom. The molecule has 1 heterocycles. The van der Waals surface area contributed by atoms with Gasteiger partial charge in [0.2, 0.25) is 10.0 Å². The fourth-order valence-corrected chi connectivity index (χ4v) is 5.03. The number of anilines is 1. The van der Waals surface area contributed by atoms with E-state index in [1.165, 1.54) is 30.6 Å². The third kappa shape index (κ3) is 4.78. The molecule has 1 aromatic heterocycles. The molecule has 2 aromatic carbocycles. The van der Waals surface area contributed by atoms with Gasteiger partial charge in [0.25, 0.3) is 0 Å². The second-order valence-electron chi connectivity index (χ2n) is 8.39. The Bertz CT molecular complexity index is 1230. The van der Waals surface area contributed by atoms with E-state index in [9.17, 15) is 17.9 Å². The van der Waals surface area contributed by atoms with Gasteiger partial charge in [0.1, 0.15) is 16.5 Å². The quantitative estimate of drug-likeness (QED) is 0.320. The normalized spacial score (nSPS) is 14.2. The molecule has 0 aliphatic rings. The third-order valence-electron chi connectivity index (χ3n) is 5.18. The molecule has 0 bridgehead atoms. The smallest absolute Gasteiger partial charge is 0.242 e. The number of nitrogens with one attached hydrogen (secondary N) is 1. The van der Waals surface area contributed by atoms with Crippen molar-refractivity contribution >= 4 is 28.5 Å². The molecule has 0 aliphatic heterocycles. The first-order valence-corrected chi connectivity index (χ1v) is 11.6. The number of aromatic nitrogens is 2. The first kappa shape index (κ1) is 24.1. The van der Waals surface area contributed by atoms with Crippen LogP contribution in [0.15, 0.2) is 59.8 Å². The second-order valence-corrected chi connectivity index (χ2v) is 10.8. The summed E-state index contributed by atoms with van der Waals surface area (Å²) in [6.07, 6.45) is 2.69. The predicted molar refractivity (Wildman–Crippen MR) is 126 cm³/mol. The van der Waals surface area contributed by atoms with Gasteiger partial charge in [0, 0.05) is 11.1 Å². The molecule has 4 N–H and O–H groups in total. The van der Waals surface area contributed by atoms with Crippen molar-refractivity contribution in [2.45, 2.75) is 30.5 Å². The lowest BCUT2D eigenvalue weighted by atomic mass is 9.87. The number of rotatable bonds is 6. The third-order valence-corrected chi connectivity index (χ3v) is 7.80. The van der Waals surface area contributed by atoms with Crippen LogP contribution in [0.2, 0.25) is 0 Å². The van der Waals surface area contributed by atoms with Gasteiger partial charge in [-0.3, -0.25) is 4.98 Å². The van der Waals surface area contributed by atoms with Crippen molar-refractivity contribution in [1.82, 2.24) is 14.7 Å². The summed E-state index contributed by atoms with van der Waals surface area (Å²) in [5.74, 6) is -0.369. The van der Waals surface area contributed by atoms with Crippen LogP contribution in [0, 0.1) is 11.2 Å². The van der Waals surface area contributed by atoms with E-state index in [0.717, 1.165) is 0 Å². The summed E-state index contributed by atoms with van der Waals surface area (Å²) in [6, 6.07) is 10.6. The van der Waals surface area contributed by atoms with Crippen LogP contribution in [0.1, 0.15) is 20.8 Å². The van der Waals surface area contributed by atoms with E-state index in [4.69, 9.17) is 5.73 Å². The molecule has 0 radical (unpaired) electrons. The molecule has 0 amide bonds. The number of sulfonamides is 1. The Hall–Kier alpha value is -2.53. The maximum atomic E-state index is 14.9. The Balaban J connectivity index is 2.05. The van der Waals surface area contributed by atoms with E-state index in [-0.39, 0.29) is 16.3 Å². The van der Waals surface area contributed by atoms with E-state index in [1.54, 1.807) is 45.0 Å². The molecule has 3 aromatic rings. The standard InChI is InChI=1S/C22H25FN4O3S2/c1-21(2,3)22(31,13-28)27-32(29,30)19-7-5-4-6-15(19)14-8-9-16(17(23)10-14)18-11-26-20(24)12-25-18/h4-12,27-28,31H,13H2,1-3H3,(H2,24,26)/t22-/m1/s1. The number of aliphatic hydroxyl groups excluding tert-OH is 1. The van der Waals surface area contributed by atoms with E-state index in [2.05, 4.69) is 27.3 Å². The Morgan fingerprint density at radius 3 is 2.34 bits per heavy atom. The van der Waals surface area contributed by atoms with Crippen molar-refractivity contribution in [3.63, 3.8) is 0 Å².